The standard InChI is InChI=1S/C16H22N2O3/c1-4-11(2)17-15(19)12-9-10-18(16(12)20)13-7-5-6-8-14(13)21-3/h5-8,11-12H,4,9-10H2,1-3H3,(H,17,19). The van der Waals surface area contributed by atoms with Crippen LogP contribution in [0.2, 0.25) is 0 Å². The monoisotopic (exact) mass is 290 g/mol. The first-order valence-electron chi connectivity index (χ1n) is 7.33. The van der Waals surface area contributed by atoms with Crippen LogP contribution in [-0.4, -0.2) is 31.5 Å². The van der Waals surface area contributed by atoms with Gasteiger partial charge in [0.25, 0.3) is 0 Å². The number of ether oxygens (including phenoxy) is 1. The summed E-state index contributed by atoms with van der Waals surface area (Å²) >= 11 is 0. The highest BCUT2D eigenvalue weighted by atomic mass is 16.5. The van der Waals surface area contributed by atoms with E-state index in [1.54, 1.807) is 12.0 Å². The molecule has 0 bridgehead atoms. The zero-order valence-electron chi connectivity index (χ0n) is 12.8. The minimum absolute atomic E-state index is 0.0885. The number of carbonyl (C=O) groups is 2. The molecule has 1 N–H and O–H groups in total. The summed E-state index contributed by atoms with van der Waals surface area (Å²) in [6, 6.07) is 7.46. The highest BCUT2D eigenvalue weighted by Gasteiger charge is 2.38. The summed E-state index contributed by atoms with van der Waals surface area (Å²) in [5.41, 5.74) is 0.726. The van der Waals surface area contributed by atoms with Crippen LogP contribution in [0.1, 0.15) is 26.7 Å². The molecule has 1 heterocycles. The summed E-state index contributed by atoms with van der Waals surface area (Å²) in [6.45, 7) is 4.48. The van der Waals surface area contributed by atoms with Gasteiger partial charge >= 0.3 is 0 Å². The molecule has 2 rings (SSSR count). The van der Waals surface area contributed by atoms with Gasteiger partial charge in [0.15, 0.2) is 0 Å². The van der Waals surface area contributed by atoms with E-state index in [0.29, 0.717) is 18.7 Å². The first-order chi connectivity index (χ1) is 10.1. The molecule has 0 spiro atoms. The zero-order valence-corrected chi connectivity index (χ0v) is 12.8. The molecule has 0 aromatic heterocycles. The van der Waals surface area contributed by atoms with Crippen LogP contribution in [0.5, 0.6) is 5.75 Å². The predicted molar refractivity (Wildman–Crippen MR) is 81.3 cm³/mol. The van der Waals surface area contributed by atoms with Gasteiger partial charge in [0.1, 0.15) is 11.7 Å². The van der Waals surface area contributed by atoms with Gasteiger partial charge in [-0.15, -0.1) is 0 Å². The van der Waals surface area contributed by atoms with Gasteiger partial charge in [-0.25, -0.2) is 0 Å². The number of methoxy groups -OCH3 is 1. The number of nitrogens with zero attached hydrogens (tertiary/aromatic N) is 1. The maximum atomic E-state index is 12.5. The molecule has 1 aliphatic rings. The summed E-state index contributed by atoms with van der Waals surface area (Å²) in [4.78, 5) is 26.3. The molecule has 0 saturated carbocycles. The van der Waals surface area contributed by atoms with E-state index in [2.05, 4.69) is 5.32 Å². The molecular formula is C16H22N2O3. The van der Waals surface area contributed by atoms with Crippen LogP contribution >= 0.6 is 0 Å². The van der Waals surface area contributed by atoms with Crippen molar-refractivity contribution >= 4 is 17.5 Å². The summed E-state index contributed by atoms with van der Waals surface area (Å²) < 4.78 is 5.29. The highest BCUT2D eigenvalue weighted by molar-refractivity contribution is 6.10. The highest BCUT2D eigenvalue weighted by Crippen LogP contribution is 2.32. The van der Waals surface area contributed by atoms with Crippen molar-refractivity contribution in [2.45, 2.75) is 32.7 Å². The number of para-hydroxylation sites is 2. The minimum atomic E-state index is -0.594. The fourth-order valence-corrected chi connectivity index (χ4v) is 2.46. The van der Waals surface area contributed by atoms with Crippen LogP contribution in [-0.2, 0) is 9.59 Å². The number of benzene rings is 1. The normalized spacial score (nSPS) is 19.5. The van der Waals surface area contributed by atoms with Gasteiger partial charge in [0, 0.05) is 12.6 Å². The van der Waals surface area contributed by atoms with E-state index in [4.69, 9.17) is 4.74 Å². The average Bonchev–Trinajstić information content (AvgIpc) is 2.88. The molecule has 1 saturated heterocycles. The maximum Gasteiger partial charge on any atom is 0.239 e. The third kappa shape index (κ3) is 3.17. The van der Waals surface area contributed by atoms with Crippen LogP contribution in [0.15, 0.2) is 24.3 Å². The van der Waals surface area contributed by atoms with E-state index in [9.17, 15) is 9.59 Å². The number of nitrogens with one attached hydrogen (secondary N) is 1. The van der Waals surface area contributed by atoms with Crippen molar-refractivity contribution in [2.24, 2.45) is 5.92 Å². The Kier molecular flexibility index (Phi) is 4.83. The lowest BCUT2D eigenvalue weighted by molar-refractivity contribution is -0.132. The summed E-state index contributed by atoms with van der Waals surface area (Å²) in [5.74, 6) is -0.273. The van der Waals surface area contributed by atoms with Crippen LogP contribution < -0.4 is 15.0 Å². The molecule has 1 aromatic carbocycles. The van der Waals surface area contributed by atoms with Gasteiger partial charge in [-0.2, -0.15) is 0 Å². The lowest BCUT2D eigenvalue weighted by atomic mass is 10.1. The number of rotatable bonds is 5. The molecule has 1 aliphatic heterocycles. The summed E-state index contributed by atoms with van der Waals surface area (Å²) in [5, 5.41) is 2.88. The molecule has 0 aliphatic carbocycles. The van der Waals surface area contributed by atoms with Crippen molar-refractivity contribution in [3.63, 3.8) is 0 Å². The Morgan fingerprint density at radius 2 is 2.19 bits per heavy atom. The molecule has 1 fully saturated rings. The van der Waals surface area contributed by atoms with E-state index in [1.165, 1.54) is 0 Å². The molecule has 5 heteroatoms. The van der Waals surface area contributed by atoms with Gasteiger partial charge in [0.05, 0.1) is 12.8 Å². The summed E-state index contributed by atoms with van der Waals surface area (Å²) in [7, 11) is 1.58. The molecule has 2 unspecified atom stereocenters. The van der Waals surface area contributed by atoms with E-state index in [1.807, 2.05) is 38.1 Å². The molecular weight excluding hydrogens is 268 g/mol. The average molecular weight is 290 g/mol. The SMILES string of the molecule is CCC(C)NC(=O)C1CCN(c2ccccc2OC)C1=O. The second kappa shape index (κ2) is 6.61. The van der Waals surface area contributed by atoms with Crippen LogP contribution in [0.25, 0.3) is 0 Å². The second-order valence-corrected chi connectivity index (χ2v) is 5.32. The van der Waals surface area contributed by atoms with Crippen molar-refractivity contribution in [1.29, 1.82) is 0 Å². The molecule has 5 nitrogen and oxygen atoms in total. The van der Waals surface area contributed by atoms with Crippen molar-refractivity contribution in [3.05, 3.63) is 24.3 Å². The lowest BCUT2D eigenvalue weighted by Crippen LogP contribution is -2.40. The topological polar surface area (TPSA) is 58.6 Å². The summed E-state index contributed by atoms with van der Waals surface area (Å²) in [6.07, 6.45) is 1.39. The number of hydrogen-bond acceptors (Lipinski definition) is 3. The van der Waals surface area contributed by atoms with Crippen LogP contribution in [0.4, 0.5) is 5.69 Å². The Balaban J connectivity index is 2.13. The van der Waals surface area contributed by atoms with E-state index < -0.39 is 5.92 Å². The molecule has 114 valence electrons. The van der Waals surface area contributed by atoms with Crippen molar-refractivity contribution < 1.29 is 14.3 Å². The smallest absolute Gasteiger partial charge is 0.239 e. The Labute approximate surface area is 125 Å². The van der Waals surface area contributed by atoms with E-state index >= 15 is 0 Å². The van der Waals surface area contributed by atoms with Gasteiger partial charge in [-0.05, 0) is 31.9 Å². The molecule has 2 amide bonds. The van der Waals surface area contributed by atoms with Crippen LogP contribution in [0, 0.1) is 5.92 Å². The molecule has 0 radical (unpaired) electrons. The van der Waals surface area contributed by atoms with Gasteiger partial charge in [-0.1, -0.05) is 19.1 Å². The Bertz CT molecular complexity index is 530. The number of hydrogen-bond donors (Lipinski definition) is 1. The molecule has 2 atom stereocenters. The lowest BCUT2D eigenvalue weighted by Gasteiger charge is -2.20. The molecule has 21 heavy (non-hydrogen) atoms. The van der Waals surface area contributed by atoms with Gasteiger partial charge in [0.2, 0.25) is 11.8 Å². The van der Waals surface area contributed by atoms with Gasteiger partial charge in [-0.3, -0.25) is 9.59 Å². The maximum absolute atomic E-state index is 12.5. The van der Waals surface area contributed by atoms with Crippen molar-refractivity contribution in [1.82, 2.24) is 5.32 Å². The third-order valence-corrected chi connectivity index (χ3v) is 3.90. The number of anilines is 1. The Morgan fingerprint density at radius 1 is 1.48 bits per heavy atom. The zero-order chi connectivity index (χ0) is 15.4. The fourth-order valence-electron chi connectivity index (χ4n) is 2.46. The quantitative estimate of drug-likeness (QED) is 0.843. The second-order valence-electron chi connectivity index (χ2n) is 5.32. The predicted octanol–water partition coefficient (Wildman–Crippen LogP) is 1.96. The van der Waals surface area contributed by atoms with Crippen molar-refractivity contribution in [3.8, 4) is 5.75 Å². The van der Waals surface area contributed by atoms with E-state index in [0.717, 1.165) is 12.1 Å². The van der Waals surface area contributed by atoms with E-state index in [-0.39, 0.29) is 17.9 Å². The Morgan fingerprint density at radius 3 is 2.86 bits per heavy atom. The Hall–Kier alpha value is -2.04. The first-order valence-corrected chi connectivity index (χ1v) is 7.33. The number of carbonyl (C=O) groups excluding carboxylic acids is 2. The minimum Gasteiger partial charge on any atom is -0.495 e. The first kappa shape index (κ1) is 15.4. The van der Waals surface area contributed by atoms with Crippen LogP contribution in [0.3, 0.4) is 0 Å². The van der Waals surface area contributed by atoms with Gasteiger partial charge < -0.3 is 15.0 Å². The fraction of sp³-hybridized carbons (Fsp3) is 0.500. The third-order valence-electron chi connectivity index (χ3n) is 3.90. The molecule has 1 aromatic rings. The van der Waals surface area contributed by atoms with Crippen molar-refractivity contribution in [2.75, 3.05) is 18.6 Å². The largest absolute Gasteiger partial charge is 0.495 e. The number of amides is 2.